The lowest BCUT2D eigenvalue weighted by Gasteiger charge is -2.04. The van der Waals surface area contributed by atoms with Gasteiger partial charge in [0.05, 0.1) is 0 Å². The number of hydrogen-bond acceptors (Lipinski definition) is 4. The third kappa shape index (κ3) is 2.17. The number of nitrogens with zero attached hydrogens (tertiary/aromatic N) is 2. The Bertz CT molecular complexity index is 394. The van der Waals surface area contributed by atoms with Crippen LogP contribution in [0.5, 0.6) is 0 Å². The van der Waals surface area contributed by atoms with Gasteiger partial charge in [-0.1, -0.05) is 11.6 Å². The van der Waals surface area contributed by atoms with E-state index in [4.69, 9.17) is 16.7 Å². The fraction of sp³-hybridized carbons (Fsp3) is 0.143. The number of rotatable bonds is 2. The van der Waals surface area contributed by atoms with Crippen LogP contribution in [-0.2, 0) is 4.79 Å². The first kappa shape index (κ1) is 10.4. The molecule has 0 aliphatic carbocycles. The average molecular weight is 216 g/mol. The van der Waals surface area contributed by atoms with Gasteiger partial charge in [-0.15, -0.1) is 0 Å². The number of aromatic nitrogens is 2. The number of amides is 1. The molecule has 0 atom stereocenters. The molecule has 1 heterocycles. The summed E-state index contributed by atoms with van der Waals surface area (Å²) in [5, 5.41) is 10.8. The van der Waals surface area contributed by atoms with E-state index in [0.717, 1.165) is 6.33 Å². The largest absolute Gasteiger partial charge is 0.477 e. The fourth-order valence-electron chi connectivity index (χ4n) is 0.815. The quantitative estimate of drug-likeness (QED) is 0.712. The predicted octanol–water partition coefficient (Wildman–Crippen LogP) is 0.787. The lowest BCUT2D eigenvalue weighted by Crippen LogP contribution is -2.13. The zero-order valence-electron chi connectivity index (χ0n) is 7.11. The maximum Gasteiger partial charge on any atom is 0.342 e. The fourth-order valence-corrected chi connectivity index (χ4v) is 1.03. The minimum atomic E-state index is -1.29. The van der Waals surface area contributed by atoms with Crippen molar-refractivity contribution in [1.82, 2.24) is 9.97 Å². The van der Waals surface area contributed by atoms with Gasteiger partial charge in [0, 0.05) is 6.92 Å². The second-order valence-electron chi connectivity index (χ2n) is 2.37. The molecular weight excluding hydrogens is 210 g/mol. The number of anilines is 1. The van der Waals surface area contributed by atoms with E-state index < -0.39 is 11.9 Å². The van der Waals surface area contributed by atoms with Crippen LogP contribution < -0.4 is 5.32 Å². The van der Waals surface area contributed by atoms with Gasteiger partial charge in [-0.3, -0.25) is 4.79 Å². The van der Waals surface area contributed by atoms with Crippen LogP contribution in [0.15, 0.2) is 6.33 Å². The lowest BCUT2D eigenvalue weighted by atomic mass is 10.3. The van der Waals surface area contributed by atoms with Gasteiger partial charge < -0.3 is 10.4 Å². The van der Waals surface area contributed by atoms with E-state index in [-0.39, 0.29) is 16.5 Å². The van der Waals surface area contributed by atoms with Crippen LogP contribution in [0.3, 0.4) is 0 Å². The van der Waals surface area contributed by atoms with E-state index in [9.17, 15) is 9.59 Å². The summed E-state index contributed by atoms with van der Waals surface area (Å²) in [5.41, 5.74) is -0.315. The number of carboxylic acids is 1. The smallest absolute Gasteiger partial charge is 0.342 e. The second-order valence-corrected chi connectivity index (χ2v) is 2.73. The molecule has 0 bridgehead atoms. The summed E-state index contributed by atoms with van der Waals surface area (Å²) >= 11 is 5.52. The molecular formula is C7H6ClN3O3. The Morgan fingerprint density at radius 1 is 1.50 bits per heavy atom. The van der Waals surface area contributed by atoms with Crippen molar-refractivity contribution in [2.75, 3.05) is 5.32 Å². The van der Waals surface area contributed by atoms with Crippen LogP contribution in [0.2, 0.25) is 5.15 Å². The standard InChI is InChI=1S/C7H6ClN3O3/c1-3(12)11-6-4(7(13)14)5(8)9-2-10-6/h2H,1H3,(H,13,14)(H,9,10,11,12). The van der Waals surface area contributed by atoms with E-state index in [1.54, 1.807) is 0 Å². The summed E-state index contributed by atoms with van der Waals surface area (Å²) in [6.07, 6.45) is 1.07. The van der Waals surface area contributed by atoms with Crippen molar-refractivity contribution in [3.63, 3.8) is 0 Å². The van der Waals surface area contributed by atoms with Gasteiger partial charge in [-0.05, 0) is 0 Å². The van der Waals surface area contributed by atoms with Crippen molar-refractivity contribution in [1.29, 1.82) is 0 Å². The summed E-state index contributed by atoms with van der Waals surface area (Å²) in [6.45, 7) is 1.24. The lowest BCUT2D eigenvalue weighted by molar-refractivity contribution is -0.114. The maximum absolute atomic E-state index is 10.7. The molecule has 1 aromatic rings. The molecule has 0 aromatic carbocycles. The van der Waals surface area contributed by atoms with Crippen molar-refractivity contribution >= 4 is 29.3 Å². The Hall–Kier alpha value is -1.69. The van der Waals surface area contributed by atoms with Gasteiger partial charge >= 0.3 is 5.97 Å². The number of carbonyl (C=O) groups excluding carboxylic acids is 1. The maximum atomic E-state index is 10.7. The summed E-state index contributed by atoms with van der Waals surface area (Å²) in [5.74, 6) is -1.83. The monoisotopic (exact) mass is 215 g/mol. The number of carbonyl (C=O) groups is 2. The van der Waals surface area contributed by atoms with Crippen molar-refractivity contribution in [2.24, 2.45) is 0 Å². The van der Waals surface area contributed by atoms with Crippen LogP contribution in [-0.4, -0.2) is 27.0 Å². The molecule has 1 amide bonds. The van der Waals surface area contributed by atoms with E-state index in [1.165, 1.54) is 6.92 Å². The first-order chi connectivity index (χ1) is 6.52. The molecule has 6 nitrogen and oxygen atoms in total. The van der Waals surface area contributed by atoms with Crippen LogP contribution >= 0.6 is 11.6 Å². The molecule has 74 valence electrons. The second kappa shape index (κ2) is 4.01. The first-order valence-corrected chi connectivity index (χ1v) is 3.91. The number of carboxylic acid groups (broad SMARTS) is 1. The molecule has 0 aliphatic rings. The van der Waals surface area contributed by atoms with Gasteiger partial charge in [-0.25, -0.2) is 14.8 Å². The summed E-state index contributed by atoms with van der Waals surface area (Å²) in [6, 6.07) is 0. The van der Waals surface area contributed by atoms with Crippen molar-refractivity contribution in [3.8, 4) is 0 Å². The Kier molecular flexibility index (Phi) is 2.98. The molecule has 14 heavy (non-hydrogen) atoms. The third-order valence-corrected chi connectivity index (χ3v) is 1.60. The van der Waals surface area contributed by atoms with Crippen LogP contribution in [0.25, 0.3) is 0 Å². The summed E-state index contributed by atoms with van der Waals surface area (Å²) in [4.78, 5) is 28.5. The molecule has 0 spiro atoms. The van der Waals surface area contributed by atoms with Gasteiger partial charge in [0.15, 0.2) is 5.82 Å². The molecule has 7 heteroatoms. The van der Waals surface area contributed by atoms with Gasteiger partial charge in [0.2, 0.25) is 5.91 Å². The van der Waals surface area contributed by atoms with Crippen LogP contribution in [0, 0.1) is 0 Å². The number of nitrogens with one attached hydrogen (secondary N) is 1. The highest BCUT2D eigenvalue weighted by molar-refractivity contribution is 6.33. The predicted molar refractivity (Wildman–Crippen MR) is 48.3 cm³/mol. The highest BCUT2D eigenvalue weighted by Gasteiger charge is 2.17. The molecule has 1 aromatic heterocycles. The third-order valence-electron chi connectivity index (χ3n) is 1.31. The molecule has 0 aliphatic heterocycles. The Labute approximate surface area is 83.9 Å². The molecule has 0 saturated heterocycles. The van der Waals surface area contributed by atoms with Crippen molar-refractivity contribution in [2.45, 2.75) is 6.92 Å². The highest BCUT2D eigenvalue weighted by atomic mass is 35.5. The first-order valence-electron chi connectivity index (χ1n) is 3.53. The van der Waals surface area contributed by atoms with E-state index >= 15 is 0 Å². The molecule has 0 saturated carbocycles. The topological polar surface area (TPSA) is 92.2 Å². The van der Waals surface area contributed by atoms with Gasteiger partial charge in [0.1, 0.15) is 17.0 Å². The van der Waals surface area contributed by atoms with E-state index in [1.807, 2.05) is 0 Å². The number of aromatic carboxylic acids is 1. The zero-order valence-corrected chi connectivity index (χ0v) is 7.87. The summed E-state index contributed by atoms with van der Waals surface area (Å²) < 4.78 is 0. The van der Waals surface area contributed by atoms with Crippen LogP contribution in [0.4, 0.5) is 5.82 Å². The van der Waals surface area contributed by atoms with Gasteiger partial charge in [0.25, 0.3) is 0 Å². The zero-order chi connectivity index (χ0) is 10.7. The van der Waals surface area contributed by atoms with Crippen molar-refractivity contribution in [3.05, 3.63) is 17.0 Å². The molecule has 0 radical (unpaired) electrons. The Morgan fingerprint density at radius 3 is 2.64 bits per heavy atom. The molecule has 0 unspecified atom stereocenters. The van der Waals surface area contributed by atoms with E-state index in [2.05, 4.69) is 15.3 Å². The number of halogens is 1. The average Bonchev–Trinajstić information content (AvgIpc) is 2.01. The SMILES string of the molecule is CC(=O)Nc1ncnc(Cl)c1C(=O)O. The van der Waals surface area contributed by atoms with E-state index in [0.29, 0.717) is 0 Å². The minimum Gasteiger partial charge on any atom is -0.477 e. The van der Waals surface area contributed by atoms with Gasteiger partial charge in [-0.2, -0.15) is 0 Å². The normalized spacial score (nSPS) is 9.57. The minimum absolute atomic E-state index is 0.106. The Morgan fingerprint density at radius 2 is 2.14 bits per heavy atom. The molecule has 0 fully saturated rings. The highest BCUT2D eigenvalue weighted by Crippen LogP contribution is 2.19. The molecule has 2 N–H and O–H groups in total. The Balaban J connectivity index is 3.21. The summed E-state index contributed by atoms with van der Waals surface area (Å²) in [7, 11) is 0. The van der Waals surface area contributed by atoms with Crippen LogP contribution in [0.1, 0.15) is 17.3 Å². The number of hydrogen-bond donors (Lipinski definition) is 2. The van der Waals surface area contributed by atoms with Crippen molar-refractivity contribution < 1.29 is 14.7 Å². The molecule has 1 rings (SSSR count).